The molecule has 0 saturated heterocycles. The molecule has 20 heavy (non-hydrogen) atoms. The van der Waals surface area contributed by atoms with Crippen LogP contribution in [-0.4, -0.2) is 42.0 Å². The quantitative estimate of drug-likeness (QED) is 0.802. The lowest BCUT2D eigenvalue weighted by molar-refractivity contribution is 0.0513. The summed E-state index contributed by atoms with van der Waals surface area (Å²) in [5, 5.41) is 8.90. The maximum atomic E-state index is 12.5. The van der Waals surface area contributed by atoms with Crippen molar-refractivity contribution in [3.63, 3.8) is 0 Å². The largest absolute Gasteiger partial charge is 0.395 e. The molecule has 1 aromatic rings. The summed E-state index contributed by atoms with van der Waals surface area (Å²) in [5.41, 5.74) is 1.11. The van der Waals surface area contributed by atoms with Crippen molar-refractivity contribution >= 4 is 17.2 Å². The molecule has 0 atom stereocenters. The summed E-state index contributed by atoms with van der Waals surface area (Å²) in [6, 6.07) is 1.80. The van der Waals surface area contributed by atoms with Gasteiger partial charge in [-0.05, 0) is 24.5 Å². The van der Waals surface area contributed by atoms with Gasteiger partial charge in [-0.3, -0.25) is 4.79 Å². The number of aliphatic hydroxyl groups is 1. The van der Waals surface area contributed by atoms with Gasteiger partial charge in [-0.25, -0.2) is 8.78 Å². The van der Waals surface area contributed by atoms with E-state index in [4.69, 9.17) is 5.11 Å². The smallest absolute Gasteiger partial charge is 0.264 e. The highest BCUT2D eigenvalue weighted by Crippen LogP contribution is 2.26. The maximum Gasteiger partial charge on any atom is 0.264 e. The Labute approximate surface area is 122 Å². The summed E-state index contributed by atoms with van der Waals surface area (Å²) in [7, 11) is 0. The van der Waals surface area contributed by atoms with Crippen LogP contribution in [0.3, 0.4) is 0 Å². The van der Waals surface area contributed by atoms with Crippen molar-refractivity contribution in [2.45, 2.75) is 39.5 Å². The SMILES string of the molecule is CCCc1sc(C(=O)N(CCO)CC(F)F)cc1CC. The van der Waals surface area contributed by atoms with Crippen LogP contribution in [0.25, 0.3) is 0 Å². The summed E-state index contributed by atoms with van der Waals surface area (Å²) >= 11 is 1.38. The van der Waals surface area contributed by atoms with Gasteiger partial charge in [0.05, 0.1) is 18.0 Å². The molecule has 6 heteroatoms. The Kier molecular flexibility index (Phi) is 7.09. The third-order valence-electron chi connectivity index (χ3n) is 2.98. The topological polar surface area (TPSA) is 40.5 Å². The molecule has 3 nitrogen and oxygen atoms in total. The van der Waals surface area contributed by atoms with Gasteiger partial charge >= 0.3 is 0 Å². The van der Waals surface area contributed by atoms with Gasteiger partial charge in [0, 0.05) is 11.4 Å². The first-order valence-electron chi connectivity index (χ1n) is 6.83. The number of halogens is 2. The zero-order chi connectivity index (χ0) is 15.1. The summed E-state index contributed by atoms with van der Waals surface area (Å²) in [4.78, 5) is 14.9. The van der Waals surface area contributed by atoms with Crippen LogP contribution in [0.5, 0.6) is 0 Å². The van der Waals surface area contributed by atoms with Gasteiger partial charge in [0.1, 0.15) is 0 Å². The Morgan fingerprint density at radius 2 is 2.15 bits per heavy atom. The van der Waals surface area contributed by atoms with Gasteiger partial charge in [0.2, 0.25) is 0 Å². The van der Waals surface area contributed by atoms with E-state index < -0.39 is 18.9 Å². The Morgan fingerprint density at radius 1 is 1.45 bits per heavy atom. The minimum Gasteiger partial charge on any atom is -0.395 e. The van der Waals surface area contributed by atoms with Crippen molar-refractivity contribution < 1.29 is 18.7 Å². The molecule has 1 N–H and O–H groups in total. The number of nitrogens with zero attached hydrogens (tertiary/aromatic N) is 1. The van der Waals surface area contributed by atoms with Crippen LogP contribution < -0.4 is 0 Å². The monoisotopic (exact) mass is 305 g/mol. The zero-order valence-electron chi connectivity index (χ0n) is 11.9. The minimum atomic E-state index is -2.59. The summed E-state index contributed by atoms with van der Waals surface area (Å²) in [5.74, 6) is -0.415. The maximum absolute atomic E-state index is 12.5. The average Bonchev–Trinajstić information content (AvgIpc) is 2.80. The number of thiophene rings is 1. The summed E-state index contributed by atoms with van der Waals surface area (Å²) in [6.07, 6.45) is 0.119. The molecule has 1 aromatic heterocycles. The van der Waals surface area contributed by atoms with E-state index in [0.29, 0.717) is 4.88 Å². The minimum absolute atomic E-state index is 0.0638. The molecule has 0 fully saturated rings. The number of hydrogen-bond donors (Lipinski definition) is 1. The Hall–Kier alpha value is -1.01. The number of aryl methyl sites for hydroxylation is 2. The molecular weight excluding hydrogens is 284 g/mol. The van der Waals surface area contributed by atoms with Crippen molar-refractivity contribution in [3.8, 4) is 0 Å². The second kappa shape index (κ2) is 8.32. The van der Waals surface area contributed by atoms with Crippen LogP contribution in [-0.2, 0) is 12.8 Å². The lowest BCUT2D eigenvalue weighted by Crippen LogP contribution is -2.36. The fraction of sp³-hybridized carbons (Fsp3) is 0.643. The molecule has 114 valence electrons. The number of amides is 1. The van der Waals surface area contributed by atoms with Crippen molar-refractivity contribution in [2.24, 2.45) is 0 Å². The van der Waals surface area contributed by atoms with Gasteiger partial charge in [-0.15, -0.1) is 11.3 Å². The molecule has 0 saturated carbocycles. The van der Waals surface area contributed by atoms with Crippen LogP contribution in [0.15, 0.2) is 6.07 Å². The van der Waals surface area contributed by atoms with Crippen LogP contribution in [0.2, 0.25) is 0 Å². The third kappa shape index (κ3) is 4.52. The zero-order valence-corrected chi connectivity index (χ0v) is 12.7. The molecule has 0 aliphatic carbocycles. The number of carbonyl (C=O) groups excluding carboxylic acids is 1. The van der Waals surface area contributed by atoms with E-state index in [9.17, 15) is 13.6 Å². The van der Waals surface area contributed by atoms with Gasteiger partial charge in [-0.1, -0.05) is 20.3 Å². The van der Waals surface area contributed by atoms with Crippen molar-refractivity contribution in [1.82, 2.24) is 4.90 Å². The summed E-state index contributed by atoms with van der Waals surface area (Å²) < 4.78 is 25.0. The lowest BCUT2D eigenvalue weighted by atomic mass is 10.1. The molecule has 0 radical (unpaired) electrons. The first-order chi connectivity index (χ1) is 9.53. The molecule has 0 spiro atoms. The van der Waals surface area contributed by atoms with Gasteiger partial charge in [0.25, 0.3) is 12.3 Å². The Bertz CT molecular complexity index is 435. The second-order valence-electron chi connectivity index (χ2n) is 4.53. The molecule has 0 aromatic carbocycles. The number of aliphatic hydroxyl groups excluding tert-OH is 1. The van der Waals surface area contributed by atoms with Crippen LogP contribution in [0, 0.1) is 0 Å². The first kappa shape index (κ1) is 17.0. The molecule has 0 aliphatic rings. The van der Waals surface area contributed by atoms with E-state index in [1.807, 2.05) is 6.92 Å². The van der Waals surface area contributed by atoms with Crippen LogP contribution >= 0.6 is 11.3 Å². The van der Waals surface area contributed by atoms with E-state index >= 15 is 0 Å². The Balaban J connectivity index is 2.93. The fourth-order valence-corrected chi connectivity index (χ4v) is 3.35. The standard InChI is InChI=1S/C14H21F2NO2S/c1-3-5-11-10(4-2)8-12(20-11)14(19)17(6-7-18)9-13(15)16/h8,13,18H,3-7,9H2,1-2H3. The van der Waals surface area contributed by atoms with Gasteiger partial charge in [0.15, 0.2) is 0 Å². The van der Waals surface area contributed by atoms with Gasteiger partial charge in [-0.2, -0.15) is 0 Å². The molecule has 0 bridgehead atoms. The predicted molar refractivity (Wildman–Crippen MR) is 76.7 cm³/mol. The molecular formula is C14H21F2NO2S. The lowest BCUT2D eigenvalue weighted by Gasteiger charge is -2.20. The highest BCUT2D eigenvalue weighted by Gasteiger charge is 2.22. The number of hydrogen-bond acceptors (Lipinski definition) is 3. The van der Waals surface area contributed by atoms with E-state index in [2.05, 4.69) is 6.92 Å². The van der Waals surface area contributed by atoms with Crippen LogP contribution in [0.4, 0.5) is 8.78 Å². The molecule has 1 amide bonds. The molecule has 1 heterocycles. The number of alkyl halides is 2. The van der Waals surface area contributed by atoms with Gasteiger partial charge < -0.3 is 10.0 Å². The normalized spacial score (nSPS) is 11.1. The second-order valence-corrected chi connectivity index (χ2v) is 5.67. The van der Waals surface area contributed by atoms with E-state index in [1.54, 1.807) is 6.07 Å². The first-order valence-corrected chi connectivity index (χ1v) is 7.64. The van der Waals surface area contributed by atoms with Crippen molar-refractivity contribution in [1.29, 1.82) is 0 Å². The number of carbonyl (C=O) groups is 1. The summed E-state index contributed by atoms with van der Waals surface area (Å²) in [6.45, 7) is 3.06. The van der Waals surface area contributed by atoms with E-state index in [-0.39, 0.29) is 13.2 Å². The van der Waals surface area contributed by atoms with Crippen LogP contribution in [0.1, 0.15) is 40.4 Å². The average molecular weight is 305 g/mol. The van der Waals surface area contributed by atoms with E-state index in [1.165, 1.54) is 11.3 Å². The van der Waals surface area contributed by atoms with Crippen molar-refractivity contribution in [2.75, 3.05) is 19.7 Å². The molecule has 0 aliphatic heterocycles. The predicted octanol–water partition coefficient (Wildman–Crippen LogP) is 2.96. The number of rotatable bonds is 8. The highest BCUT2D eigenvalue weighted by molar-refractivity contribution is 7.14. The van der Waals surface area contributed by atoms with Crippen molar-refractivity contribution in [3.05, 3.63) is 21.4 Å². The third-order valence-corrected chi connectivity index (χ3v) is 4.21. The Morgan fingerprint density at radius 3 is 2.65 bits per heavy atom. The highest BCUT2D eigenvalue weighted by atomic mass is 32.1. The van der Waals surface area contributed by atoms with E-state index in [0.717, 1.165) is 34.6 Å². The molecule has 0 unspecified atom stereocenters. The fourth-order valence-electron chi connectivity index (χ4n) is 2.03. The molecule has 1 rings (SSSR count).